The Morgan fingerprint density at radius 3 is 2.45 bits per heavy atom. The second-order valence-electron chi connectivity index (χ2n) is 6.24. The van der Waals surface area contributed by atoms with Crippen molar-refractivity contribution in [1.29, 1.82) is 0 Å². The molecule has 0 aliphatic rings. The smallest absolute Gasteiger partial charge is 0.289 e. The fraction of sp³-hybridized carbons (Fsp3) is 0.538. The second-order valence-corrected chi connectivity index (χ2v) is 8.42. The lowest BCUT2D eigenvalue weighted by Crippen LogP contribution is -3.07. The van der Waals surface area contributed by atoms with Crippen molar-refractivity contribution in [3.05, 3.63) is 33.3 Å². The molecule has 0 bridgehead atoms. The van der Waals surface area contributed by atoms with E-state index >= 15 is 0 Å². The van der Waals surface area contributed by atoms with Crippen molar-refractivity contribution in [2.75, 3.05) is 27.2 Å². The number of hydrogen-bond acceptors (Lipinski definition) is 4. The summed E-state index contributed by atoms with van der Waals surface area (Å²) in [5.41, 5.74) is -0.675. The van der Waals surface area contributed by atoms with Gasteiger partial charge in [-0.05, 0) is 12.1 Å². The minimum absolute atomic E-state index is 0.0968. The van der Waals surface area contributed by atoms with Gasteiger partial charge in [-0.3, -0.25) is 10.1 Å². The molecule has 0 saturated carbocycles. The molecule has 2 N–H and O–H groups in total. The van der Waals surface area contributed by atoms with Crippen molar-refractivity contribution in [3.63, 3.8) is 0 Å². The Kier molecular flexibility index (Phi) is 5.91. The first-order valence-corrected chi connectivity index (χ1v) is 8.53. The number of halogens is 1. The fourth-order valence-corrected chi connectivity index (χ4v) is 3.64. The lowest BCUT2D eigenvalue weighted by Gasteiger charge is -2.25. The quantitative estimate of drug-likeness (QED) is 0.559. The molecule has 0 aliphatic carbocycles. The summed E-state index contributed by atoms with van der Waals surface area (Å²) < 4.78 is 27.0. The topological polar surface area (TPSA) is 93.8 Å². The maximum atomic E-state index is 12.3. The molecule has 0 spiro atoms. The summed E-state index contributed by atoms with van der Waals surface area (Å²) in [7, 11) is 0.145. The summed E-state index contributed by atoms with van der Waals surface area (Å²) in [6.07, 6.45) is 0. The summed E-state index contributed by atoms with van der Waals surface area (Å²) in [6.45, 7) is 4.91. The largest absolute Gasteiger partial charge is 0.339 e. The average Bonchev–Trinajstić information content (AvgIpc) is 2.35. The Labute approximate surface area is 135 Å². The van der Waals surface area contributed by atoms with E-state index < -0.39 is 20.6 Å². The summed E-state index contributed by atoms with van der Waals surface area (Å²) in [5.74, 6) is 0. The highest BCUT2D eigenvalue weighted by Gasteiger charge is 2.26. The molecule has 22 heavy (non-hydrogen) atoms. The molecule has 0 unspecified atom stereocenters. The Morgan fingerprint density at radius 2 is 1.95 bits per heavy atom. The van der Waals surface area contributed by atoms with Crippen molar-refractivity contribution in [2.45, 2.75) is 18.7 Å². The van der Waals surface area contributed by atoms with Crippen molar-refractivity contribution < 1.29 is 18.2 Å². The zero-order valence-corrected chi connectivity index (χ0v) is 14.6. The van der Waals surface area contributed by atoms with Gasteiger partial charge in [0.1, 0.15) is 5.02 Å². The number of quaternary nitrogens is 1. The van der Waals surface area contributed by atoms with Gasteiger partial charge in [0.25, 0.3) is 5.69 Å². The molecule has 7 nitrogen and oxygen atoms in total. The van der Waals surface area contributed by atoms with Crippen LogP contribution in [-0.2, 0) is 10.0 Å². The van der Waals surface area contributed by atoms with E-state index in [1.807, 2.05) is 27.9 Å². The van der Waals surface area contributed by atoms with Crippen LogP contribution in [0.15, 0.2) is 23.1 Å². The Morgan fingerprint density at radius 1 is 1.36 bits per heavy atom. The van der Waals surface area contributed by atoms with Gasteiger partial charge in [0, 0.05) is 18.0 Å². The molecule has 0 fully saturated rings. The molecule has 124 valence electrons. The zero-order valence-electron chi connectivity index (χ0n) is 13.0. The van der Waals surface area contributed by atoms with Crippen LogP contribution in [0.1, 0.15) is 13.8 Å². The number of nitro benzene ring substituents is 1. The highest BCUT2D eigenvalue weighted by Crippen LogP contribution is 2.27. The normalized spacial score (nSPS) is 12.6. The first-order chi connectivity index (χ1) is 9.94. The van der Waals surface area contributed by atoms with E-state index in [-0.39, 0.29) is 21.9 Å². The second kappa shape index (κ2) is 6.91. The minimum Gasteiger partial charge on any atom is -0.339 e. The van der Waals surface area contributed by atoms with Gasteiger partial charge >= 0.3 is 0 Å². The Bertz CT molecular complexity index is 659. The molecule has 0 saturated heterocycles. The van der Waals surface area contributed by atoms with Crippen LogP contribution in [0.25, 0.3) is 0 Å². The first kappa shape index (κ1) is 18.8. The third-order valence-electron chi connectivity index (χ3n) is 3.00. The highest BCUT2D eigenvalue weighted by atomic mass is 35.5. The van der Waals surface area contributed by atoms with Gasteiger partial charge in [0.2, 0.25) is 10.0 Å². The van der Waals surface area contributed by atoms with E-state index in [0.29, 0.717) is 0 Å². The van der Waals surface area contributed by atoms with Crippen molar-refractivity contribution >= 4 is 27.3 Å². The standard InChI is InChI=1S/C13H20ClN3O4S/c1-13(2,9-16(3)4)8-15-22(20,21)10-5-6-11(14)12(7-10)17(18)19/h5-7,15H,8-9H2,1-4H3/p+1. The molecule has 1 rings (SSSR count). The fourth-order valence-electron chi connectivity index (χ4n) is 2.19. The lowest BCUT2D eigenvalue weighted by molar-refractivity contribution is -0.865. The molecular weight excluding hydrogens is 330 g/mol. The van der Waals surface area contributed by atoms with Gasteiger partial charge in [0.15, 0.2) is 0 Å². The predicted octanol–water partition coefficient (Wildman–Crippen LogP) is 0.697. The van der Waals surface area contributed by atoms with Crippen LogP contribution in [0.3, 0.4) is 0 Å². The van der Waals surface area contributed by atoms with Gasteiger partial charge < -0.3 is 4.90 Å². The lowest BCUT2D eigenvalue weighted by atomic mass is 9.93. The van der Waals surface area contributed by atoms with Crippen LogP contribution in [0.4, 0.5) is 5.69 Å². The monoisotopic (exact) mass is 350 g/mol. The molecule has 0 radical (unpaired) electrons. The van der Waals surface area contributed by atoms with Crippen LogP contribution in [0.5, 0.6) is 0 Å². The number of hydrogen-bond donors (Lipinski definition) is 2. The third-order valence-corrected chi connectivity index (χ3v) is 4.72. The molecule has 0 heterocycles. The predicted molar refractivity (Wildman–Crippen MR) is 84.8 cm³/mol. The van der Waals surface area contributed by atoms with Crippen LogP contribution in [0.2, 0.25) is 5.02 Å². The minimum atomic E-state index is -3.82. The highest BCUT2D eigenvalue weighted by molar-refractivity contribution is 7.89. The summed E-state index contributed by atoms with van der Waals surface area (Å²) >= 11 is 5.69. The number of benzene rings is 1. The number of sulfonamides is 1. The number of nitro groups is 1. The van der Waals surface area contributed by atoms with Crippen molar-refractivity contribution in [3.8, 4) is 0 Å². The summed E-state index contributed by atoms with van der Waals surface area (Å²) in [5, 5.41) is 10.7. The maximum absolute atomic E-state index is 12.3. The van der Waals surface area contributed by atoms with E-state index in [1.165, 1.54) is 17.0 Å². The summed E-state index contributed by atoms with van der Waals surface area (Å²) in [6, 6.07) is 3.43. The molecule has 0 atom stereocenters. The molecule has 0 amide bonds. The molecule has 9 heteroatoms. The molecule has 0 aliphatic heterocycles. The number of nitrogens with zero attached hydrogens (tertiary/aromatic N) is 1. The van der Waals surface area contributed by atoms with E-state index in [0.717, 1.165) is 12.6 Å². The van der Waals surface area contributed by atoms with Crippen LogP contribution >= 0.6 is 11.6 Å². The van der Waals surface area contributed by atoms with Gasteiger partial charge in [-0.25, -0.2) is 13.1 Å². The summed E-state index contributed by atoms with van der Waals surface area (Å²) in [4.78, 5) is 11.2. The van der Waals surface area contributed by atoms with Gasteiger partial charge in [-0.2, -0.15) is 0 Å². The molecule has 0 aromatic heterocycles. The van der Waals surface area contributed by atoms with Crippen LogP contribution in [-0.4, -0.2) is 40.5 Å². The van der Waals surface area contributed by atoms with Gasteiger partial charge in [-0.1, -0.05) is 25.4 Å². The Hall–Kier alpha value is -1.22. The van der Waals surface area contributed by atoms with E-state index in [9.17, 15) is 18.5 Å². The van der Waals surface area contributed by atoms with Gasteiger partial charge in [-0.15, -0.1) is 0 Å². The van der Waals surface area contributed by atoms with E-state index in [1.54, 1.807) is 0 Å². The third kappa shape index (κ3) is 5.20. The number of rotatable bonds is 7. The maximum Gasteiger partial charge on any atom is 0.289 e. The van der Waals surface area contributed by atoms with E-state index in [4.69, 9.17) is 11.6 Å². The average molecular weight is 351 g/mol. The molecule has 1 aromatic rings. The number of nitrogens with one attached hydrogen (secondary N) is 2. The van der Waals surface area contributed by atoms with Crippen molar-refractivity contribution in [1.82, 2.24) is 4.72 Å². The molecular formula is C13H21ClN3O4S+. The molecule has 1 aromatic carbocycles. The SMILES string of the molecule is C[NH+](C)CC(C)(C)CNS(=O)(=O)c1ccc(Cl)c([N+](=O)[O-])c1. The van der Waals surface area contributed by atoms with Crippen LogP contribution in [0, 0.1) is 15.5 Å². The Balaban J connectivity index is 2.96. The zero-order chi connectivity index (χ0) is 17.1. The first-order valence-electron chi connectivity index (χ1n) is 6.67. The van der Waals surface area contributed by atoms with Crippen LogP contribution < -0.4 is 9.62 Å². The van der Waals surface area contributed by atoms with Crippen molar-refractivity contribution in [2.24, 2.45) is 5.41 Å². The van der Waals surface area contributed by atoms with E-state index in [2.05, 4.69) is 4.72 Å². The van der Waals surface area contributed by atoms with Gasteiger partial charge in [0.05, 0.1) is 30.5 Å².